The number of fused-ring (bicyclic) bond motifs is 2. The zero-order valence-corrected chi connectivity index (χ0v) is 17.9. The van der Waals surface area contributed by atoms with Gasteiger partial charge in [0.05, 0.1) is 22.7 Å². The van der Waals surface area contributed by atoms with Crippen molar-refractivity contribution < 1.29 is 19.4 Å². The maximum Gasteiger partial charge on any atom is 0.262 e. The summed E-state index contributed by atoms with van der Waals surface area (Å²) < 4.78 is 12.2. The van der Waals surface area contributed by atoms with Gasteiger partial charge in [0.2, 0.25) is 12.7 Å². The number of benzene rings is 2. The van der Waals surface area contributed by atoms with Gasteiger partial charge in [0.25, 0.3) is 5.56 Å². The molecular weight excluding hydrogens is 418 g/mol. The third-order valence-corrected chi connectivity index (χ3v) is 5.95. The highest BCUT2D eigenvalue weighted by molar-refractivity contribution is 7.99. The number of amides is 1. The number of aliphatic hydroxyl groups is 1. The van der Waals surface area contributed by atoms with Crippen LogP contribution in [0.1, 0.15) is 24.9 Å². The molecular formula is C22H23N3O5S. The molecule has 162 valence electrons. The highest BCUT2D eigenvalue weighted by atomic mass is 32.2. The van der Waals surface area contributed by atoms with Gasteiger partial charge in [-0.1, -0.05) is 30.0 Å². The van der Waals surface area contributed by atoms with E-state index in [9.17, 15) is 14.7 Å². The number of carbonyl (C=O) groups is 1. The van der Waals surface area contributed by atoms with Crippen molar-refractivity contribution in [1.82, 2.24) is 14.9 Å². The van der Waals surface area contributed by atoms with Gasteiger partial charge in [0, 0.05) is 13.2 Å². The van der Waals surface area contributed by atoms with Crippen LogP contribution < -0.4 is 20.3 Å². The van der Waals surface area contributed by atoms with Crippen LogP contribution in [0.3, 0.4) is 0 Å². The number of aromatic nitrogens is 2. The van der Waals surface area contributed by atoms with Crippen molar-refractivity contribution in [2.75, 3.05) is 19.2 Å². The minimum Gasteiger partial charge on any atom is -0.454 e. The summed E-state index contributed by atoms with van der Waals surface area (Å²) in [7, 11) is 0. The Labute approximate surface area is 183 Å². The quantitative estimate of drug-likeness (QED) is 0.409. The lowest BCUT2D eigenvalue weighted by atomic mass is 10.1. The number of nitrogens with zero attached hydrogens (tertiary/aromatic N) is 2. The Balaban J connectivity index is 1.46. The van der Waals surface area contributed by atoms with Crippen molar-refractivity contribution in [1.29, 1.82) is 0 Å². The van der Waals surface area contributed by atoms with Gasteiger partial charge >= 0.3 is 0 Å². The SMILES string of the molecule is C[C@H](NC(=O)CSc1nc2ccccc2c(=O)n1CCCO)c1ccc2c(c1)OCO2. The molecule has 0 unspecified atom stereocenters. The Hall–Kier alpha value is -3.04. The van der Waals surface area contributed by atoms with E-state index in [1.807, 2.05) is 31.2 Å². The Bertz CT molecular complexity index is 1160. The fourth-order valence-electron chi connectivity index (χ4n) is 3.36. The molecule has 0 bridgehead atoms. The first-order chi connectivity index (χ1) is 15.1. The maximum absolute atomic E-state index is 12.9. The van der Waals surface area contributed by atoms with E-state index in [0.29, 0.717) is 40.5 Å². The molecule has 2 heterocycles. The lowest BCUT2D eigenvalue weighted by molar-refractivity contribution is -0.119. The Kier molecular flexibility index (Phi) is 6.43. The molecule has 0 fully saturated rings. The second-order valence-electron chi connectivity index (χ2n) is 7.14. The zero-order valence-electron chi connectivity index (χ0n) is 17.0. The molecule has 8 nitrogen and oxygen atoms in total. The number of carbonyl (C=O) groups excluding carboxylic acids is 1. The Morgan fingerprint density at radius 1 is 1.26 bits per heavy atom. The van der Waals surface area contributed by atoms with Crippen LogP contribution in [0.5, 0.6) is 11.5 Å². The van der Waals surface area contributed by atoms with Gasteiger partial charge in [-0.05, 0) is 43.2 Å². The van der Waals surface area contributed by atoms with Gasteiger partial charge < -0.3 is 19.9 Å². The van der Waals surface area contributed by atoms with E-state index in [2.05, 4.69) is 10.3 Å². The molecule has 2 N–H and O–H groups in total. The molecule has 0 saturated carbocycles. The first-order valence-electron chi connectivity index (χ1n) is 9.99. The Morgan fingerprint density at radius 2 is 2.06 bits per heavy atom. The summed E-state index contributed by atoms with van der Waals surface area (Å²) in [5.41, 5.74) is 1.33. The number of aliphatic hydroxyl groups excluding tert-OH is 1. The Morgan fingerprint density at radius 3 is 2.90 bits per heavy atom. The van der Waals surface area contributed by atoms with Gasteiger partial charge in [-0.2, -0.15) is 0 Å². The fraction of sp³-hybridized carbons (Fsp3) is 0.318. The van der Waals surface area contributed by atoms with Crippen LogP contribution in [0.2, 0.25) is 0 Å². The van der Waals surface area contributed by atoms with Gasteiger partial charge in [-0.3, -0.25) is 14.2 Å². The molecule has 0 aliphatic carbocycles. The fourth-order valence-corrected chi connectivity index (χ4v) is 4.20. The third-order valence-electron chi connectivity index (χ3n) is 4.97. The normalized spacial score (nSPS) is 13.4. The molecule has 31 heavy (non-hydrogen) atoms. The summed E-state index contributed by atoms with van der Waals surface area (Å²) in [6.07, 6.45) is 0.431. The van der Waals surface area contributed by atoms with Crippen molar-refractivity contribution >= 4 is 28.6 Å². The van der Waals surface area contributed by atoms with Crippen LogP contribution in [0.15, 0.2) is 52.4 Å². The molecule has 0 spiro atoms. The minimum absolute atomic E-state index is 0.0308. The number of ether oxygens (including phenoxy) is 2. The van der Waals surface area contributed by atoms with Crippen molar-refractivity contribution in [3.05, 3.63) is 58.4 Å². The summed E-state index contributed by atoms with van der Waals surface area (Å²) >= 11 is 1.21. The van der Waals surface area contributed by atoms with Crippen LogP contribution in [-0.2, 0) is 11.3 Å². The van der Waals surface area contributed by atoms with E-state index < -0.39 is 0 Å². The van der Waals surface area contributed by atoms with Crippen LogP contribution >= 0.6 is 11.8 Å². The average molecular weight is 442 g/mol. The topological polar surface area (TPSA) is 103 Å². The molecule has 4 rings (SSSR count). The molecule has 3 aromatic rings. The van der Waals surface area contributed by atoms with Crippen LogP contribution in [0, 0.1) is 0 Å². The van der Waals surface area contributed by atoms with Crippen LogP contribution in [0.25, 0.3) is 10.9 Å². The number of hydrogen-bond acceptors (Lipinski definition) is 7. The predicted octanol–water partition coefficient (Wildman–Crippen LogP) is 2.48. The summed E-state index contributed by atoms with van der Waals surface area (Å²) in [6.45, 7) is 2.40. The van der Waals surface area contributed by atoms with Gasteiger partial charge in [0.1, 0.15) is 0 Å². The second kappa shape index (κ2) is 9.40. The summed E-state index contributed by atoms with van der Waals surface area (Å²) in [5, 5.41) is 13.1. The zero-order chi connectivity index (χ0) is 21.8. The van der Waals surface area contributed by atoms with Gasteiger partial charge in [-0.15, -0.1) is 0 Å². The van der Waals surface area contributed by atoms with E-state index in [0.717, 1.165) is 5.56 Å². The summed E-state index contributed by atoms with van der Waals surface area (Å²) in [5.74, 6) is 1.30. The highest BCUT2D eigenvalue weighted by Gasteiger charge is 2.18. The van der Waals surface area contributed by atoms with E-state index in [-0.39, 0.29) is 36.7 Å². The summed E-state index contributed by atoms with van der Waals surface area (Å²) in [4.78, 5) is 30.0. The van der Waals surface area contributed by atoms with Crippen LogP contribution in [0.4, 0.5) is 0 Å². The van der Waals surface area contributed by atoms with E-state index in [1.54, 1.807) is 18.2 Å². The molecule has 1 aromatic heterocycles. The monoisotopic (exact) mass is 441 g/mol. The molecule has 1 amide bonds. The second-order valence-corrected chi connectivity index (χ2v) is 8.08. The van der Waals surface area contributed by atoms with Crippen molar-refractivity contribution in [3.8, 4) is 11.5 Å². The smallest absolute Gasteiger partial charge is 0.262 e. The standard InChI is InChI=1S/C22H23N3O5S/c1-14(15-7-8-18-19(11-15)30-13-29-18)23-20(27)12-31-22-24-17-6-3-2-5-16(17)21(28)25(22)9-4-10-26/h2-3,5-8,11,14,26H,4,9-10,12-13H2,1H3,(H,23,27)/t14-/m0/s1. The number of para-hydroxylation sites is 1. The molecule has 1 aliphatic heterocycles. The first kappa shape index (κ1) is 21.2. The van der Waals surface area contributed by atoms with E-state index in [4.69, 9.17) is 9.47 Å². The molecule has 0 saturated heterocycles. The molecule has 1 aliphatic rings. The first-order valence-corrected chi connectivity index (χ1v) is 11.0. The van der Waals surface area contributed by atoms with Crippen molar-refractivity contribution in [2.24, 2.45) is 0 Å². The lowest BCUT2D eigenvalue weighted by Gasteiger charge is -2.16. The largest absolute Gasteiger partial charge is 0.454 e. The number of nitrogens with one attached hydrogen (secondary N) is 1. The average Bonchev–Trinajstić information content (AvgIpc) is 3.25. The number of thioether (sulfide) groups is 1. The van der Waals surface area contributed by atoms with E-state index in [1.165, 1.54) is 16.3 Å². The van der Waals surface area contributed by atoms with E-state index >= 15 is 0 Å². The highest BCUT2D eigenvalue weighted by Crippen LogP contribution is 2.34. The maximum atomic E-state index is 12.9. The molecule has 1 atom stereocenters. The van der Waals surface area contributed by atoms with Crippen molar-refractivity contribution in [3.63, 3.8) is 0 Å². The molecule has 0 radical (unpaired) electrons. The van der Waals surface area contributed by atoms with Crippen molar-refractivity contribution in [2.45, 2.75) is 31.1 Å². The van der Waals surface area contributed by atoms with Gasteiger partial charge in [-0.25, -0.2) is 4.98 Å². The predicted molar refractivity (Wildman–Crippen MR) is 118 cm³/mol. The lowest BCUT2D eigenvalue weighted by Crippen LogP contribution is -2.29. The number of hydrogen-bond donors (Lipinski definition) is 2. The number of rotatable bonds is 8. The van der Waals surface area contributed by atoms with Crippen LogP contribution in [-0.4, -0.2) is 39.7 Å². The minimum atomic E-state index is -0.219. The van der Waals surface area contributed by atoms with Gasteiger partial charge in [0.15, 0.2) is 16.7 Å². The summed E-state index contributed by atoms with van der Waals surface area (Å²) in [6, 6.07) is 12.5. The molecule has 2 aromatic carbocycles. The molecule has 9 heteroatoms. The third kappa shape index (κ3) is 4.67.